The molecule has 2 nitrogen and oxygen atoms in total. The molecule has 0 radical (unpaired) electrons. The number of anilines is 1. The van der Waals surface area contributed by atoms with Gasteiger partial charge in [0.05, 0.1) is 0 Å². The summed E-state index contributed by atoms with van der Waals surface area (Å²) in [7, 11) is 0. The molecule has 20 heavy (non-hydrogen) atoms. The fraction of sp³-hybridized carbons (Fsp3) is 0.133. The third-order valence-corrected chi connectivity index (χ3v) is 3.19. The van der Waals surface area contributed by atoms with E-state index < -0.39 is 0 Å². The zero-order chi connectivity index (χ0) is 14.4. The molecule has 104 valence electrons. The lowest BCUT2D eigenvalue weighted by atomic mass is 10.1. The average Bonchev–Trinajstić information content (AvgIpc) is 2.41. The Kier molecular flexibility index (Phi) is 5.32. The molecule has 0 fully saturated rings. The molecule has 0 atom stereocenters. The van der Waals surface area contributed by atoms with Gasteiger partial charge in [-0.05, 0) is 60.6 Å². The Balaban J connectivity index is 1.76. The molecule has 0 heterocycles. The van der Waals surface area contributed by atoms with Crippen molar-refractivity contribution in [2.24, 2.45) is 0 Å². The number of rotatable bonds is 4. The summed E-state index contributed by atoms with van der Waals surface area (Å²) in [5.74, 6) is -0.218. The molecule has 0 saturated carbocycles. The van der Waals surface area contributed by atoms with E-state index in [0.29, 0.717) is 23.1 Å². The molecule has 2 aromatic rings. The van der Waals surface area contributed by atoms with Crippen LogP contribution in [0.3, 0.4) is 0 Å². The lowest BCUT2D eigenvalue weighted by molar-refractivity contribution is 0.625. The highest BCUT2D eigenvalue weighted by Crippen LogP contribution is 2.13. The summed E-state index contributed by atoms with van der Waals surface area (Å²) in [5.41, 5.74) is 1.81. The Bertz CT molecular complexity index is 587. The third-order valence-electron chi connectivity index (χ3n) is 2.69. The number of hydrogen-bond donors (Lipinski definition) is 2. The Morgan fingerprint density at radius 3 is 2.60 bits per heavy atom. The highest BCUT2D eigenvalue weighted by molar-refractivity contribution is 7.80. The maximum atomic E-state index is 13.0. The molecule has 0 saturated heterocycles. The molecule has 0 amide bonds. The standard InChI is InChI=1S/C15H14ClFN2S/c16-12-4-6-14(7-5-12)19-15(20)18-9-8-11-2-1-3-13(17)10-11/h1-7,10H,8-9H2,(H2,18,19,20). The molecule has 0 aliphatic rings. The molecule has 0 bridgehead atoms. The minimum Gasteiger partial charge on any atom is -0.362 e. The minimum absolute atomic E-state index is 0.218. The molecule has 2 aromatic carbocycles. The van der Waals surface area contributed by atoms with Crippen molar-refractivity contribution >= 4 is 34.6 Å². The summed E-state index contributed by atoms with van der Waals surface area (Å²) in [5, 5.41) is 7.35. The number of hydrogen-bond acceptors (Lipinski definition) is 1. The molecular formula is C15H14ClFN2S. The van der Waals surface area contributed by atoms with Gasteiger partial charge in [0.2, 0.25) is 0 Å². The Morgan fingerprint density at radius 2 is 1.90 bits per heavy atom. The first-order valence-corrected chi connectivity index (χ1v) is 6.97. The van der Waals surface area contributed by atoms with Gasteiger partial charge >= 0.3 is 0 Å². The van der Waals surface area contributed by atoms with Crippen molar-refractivity contribution < 1.29 is 4.39 Å². The first-order valence-electron chi connectivity index (χ1n) is 6.18. The van der Waals surface area contributed by atoms with Gasteiger partial charge in [0, 0.05) is 17.3 Å². The van der Waals surface area contributed by atoms with Crippen LogP contribution in [0.15, 0.2) is 48.5 Å². The first kappa shape index (κ1) is 14.8. The molecule has 2 N–H and O–H groups in total. The van der Waals surface area contributed by atoms with E-state index in [4.69, 9.17) is 23.8 Å². The highest BCUT2D eigenvalue weighted by Gasteiger charge is 1.99. The zero-order valence-electron chi connectivity index (χ0n) is 10.7. The van der Waals surface area contributed by atoms with Crippen molar-refractivity contribution in [3.05, 3.63) is 64.9 Å². The maximum Gasteiger partial charge on any atom is 0.170 e. The molecule has 0 unspecified atom stereocenters. The van der Waals surface area contributed by atoms with Gasteiger partial charge in [-0.2, -0.15) is 0 Å². The summed E-state index contributed by atoms with van der Waals surface area (Å²) < 4.78 is 13.0. The Hall–Kier alpha value is -1.65. The number of nitrogens with one attached hydrogen (secondary N) is 2. The molecule has 2 rings (SSSR count). The van der Waals surface area contributed by atoms with Gasteiger partial charge in [0.15, 0.2) is 5.11 Å². The van der Waals surface area contributed by atoms with E-state index in [1.165, 1.54) is 12.1 Å². The summed E-state index contributed by atoms with van der Waals surface area (Å²) in [4.78, 5) is 0. The van der Waals surface area contributed by atoms with Crippen LogP contribution < -0.4 is 10.6 Å². The van der Waals surface area contributed by atoms with Crippen LogP contribution in [0.5, 0.6) is 0 Å². The van der Waals surface area contributed by atoms with Crippen molar-refractivity contribution in [2.45, 2.75) is 6.42 Å². The predicted octanol–water partition coefficient (Wildman–Crippen LogP) is 4.01. The lowest BCUT2D eigenvalue weighted by Crippen LogP contribution is -2.30. The van der Waals surface area contributed by atoms with E-state index in [1.54, 1.807) is 18.2 Å². The Labute approximate surface area is 128 Å². The van der Waals surface area contributed by atoms with Crippen LogP contribution in [-0.2, 0) is 6.42 Å². The second-order valence-corrected chi connectivity index (χ2v) is 5.11. The van der Waals surface area contributed by atoms with Crippen LogP contribution in [0.25, 0.3) is 0 Å². The van der Waals surface area contributed by atoms with Crippen molar-refractivity contribution in [3.63, 3.8) is 0 Å². The van der Waals surface area contributed by atoms with E-state index in [2.05, 4.69) is 10.6 Å². The van der Waals surface area contributed by atoms with Crippen molar-refractivity contribution in [3.8, 4) is 0 Å². The van der Waals surface area contributed by atoms with Gasteiger partial charge in [-0.15, -0.1) is 0 Å². The van der Waals surface area contributed by atoms with Crippen LogP contribution in [0, 0.1) is 5.82 Å². The van der Waals surface area contributed by atoms with E-state index in [0.717, 1.165) is 11.3 Å². The zero-order valence-corrected chi connectivity index (χ0v) is 12.3. The second-order valence-electron chi connectivity index (χ2n) is 4.27. The summed E-state index contributed by atoms with van der Waals surface area (Å²) in [6.07, 6.45) is 0.709. The van der Waals surface area contributed by atoms with Gasteiger partial charge < -0.3 is 10.6 Å². The van der Waals surface area contributed by atoms with Crippen LogP contribution in [0.2, 0.25) is 5.02 Å². The molecule has 0 aliphatic heterocycles. The molecule has 0 aromatic heterocycles. The minimum atomic E-state index is -0.218. The van der Waals surface area contributed by atoms with Gasteiger partial charge in [-0.3, -0.25) is 0 Å². The van der Waals surface area contributed by atoms with E-state index >= 15 is 0 Å². The summed E-state index contributed by atoms with van der Waals surface area (Å²) >= 11 is 11.0. The maximum absolute atomic E-state index is 13.0. The smallest absolute Gasteiger partial charge is 0.170 e. The van der Waals surface area contributed by atoms with Gasteiger partial charge in [-0.25, -0.2) is 4.39 Å². The largest absolute Gasteiger partial charge is 0.362 e. The summed E-state index contributed by atoms with van der Waals surface area (Å²) in [6, 6.07) is 13.8. The molecule has 5 heteroatoms. The van der Waals surface area contributed by atoms with E-state index in [-0.39, 0.29) is 5.82 Å². The first-order chi connectivity index (χ1) is 9.63. The lowest BCUT2D eigenvalue weighted by Gasteiger charge is -2.10. The number of halogens is 2. The van der Waals surface area contributed by atoms with Crippen molar-refractivity contribution in [2.75, 3.05) is 11.9 Å². The summed E-state index contributed by atoms with van der Waals surface area (Å²) in [6.45, 7) is 0.642. The number of benzene rings is 2. The van der Waals surface area contributed by atoms with Crippen LogP contribution in [-0.4, -0.2) is 11.7 Å². The quantitative estimate of drug-likeness (QED) is 0.835. The van der Waals surface area contributed by atoms with Gasteiger partial charge in [0.25, 0.3) is 0 Å². The van der Waals surface area contributed by atoms with Crippen molar-refractivity contribution in [1.29, 1.82) is 0 Å². The fourth-order valence-electron chi connectivity index (χ4n) is 1.72. The van der Waals surface area contributed by atoms with Crippen LogP contribution in [0.1, 0.15) is 5.56 Å². The Morgan fingerprint density at radius 1 is 1.15 bits per heavy atom. The van der Waals surface area contributed by atoms with E-state index in [9.17, 15) is 4.39 Å². The van der Waals surface area contributed by atoms with Crippen LogP contribution >= 0.6 is 23.8 Å². The second kappa shape index (κ2) is 7.22. The van der Waals surface area contributed by atoms with Crippen LogP contribution in [0.4, 0.5) is 10.1 Å². The third kappa shape index (κ3) is 4.79. The van der Waals surface area contributed by atoms with Crippen molar-refractivity contribution in [1.82, 2.24) is 5.32 Å². The topological polar surface area (TPSA) is 24.1 Å². The fourth-order valence-corrected chi connectivity index (χ4v) is 2.07. The van der Waals surface area contributed by atoms with Gasteiger partial charge in [0.1, 0.15) is 5.82 Å². The van der Waals surface area contributed by atoms with Gasteiger partial charge in [-0.1, -0.05) is 23.7 Å². The highest BCUT2D eigenvalue weighted by atomic mass is 35.5. The number of thiocarbonyl (C=S) groups is 1. The molecule has 0 aliphatic carbocycles. The monoisotopic (exact) mass is 308 g/mol. The average molecular weight is 309 g/mol. The molecular weight excluding hydrogens is 295 g/mol. The SMILES string of the molecule is Fc1cccc(CCNC(=S)Nc2ccc(Cl)cc2)c1. The molecule has 0 spiro atoms. The normalized spacial score (nSPS) is 10.1. The van der Waals surface area contributed by atoms with E-state index in [1.807, 2.05) is 18.2 Å². The predicted molar refractivity (Wildman–Crippen MR) is 85.8 cm³/mol.